The van der Waals surface area contributed by atoms with E-state index >= 15 is 0 Å². The number of hydrogen-bond acceptors (Lipinski definition) is 6. The van der Waals surface area contributed by atoms with Crippen molar-refractivity contribution in [3.8, 4) is 18.1 Å². The molecule has 0 saturated carbocycles. The summed E-state index contributed by atoms with van der Waals surface area (Å²) < 4.78 is 5.83. The number of hydroxylamine groups is 1. The Labute approximate surface area is 169 Å². The van der Waals surface area contributed by atoms with E-state index in [1.807, 2.05) is 42.5 Å². The number of amides is 1. The molecule has 2 aromatic carbocycles. The number of benzene rings is 2. The van der Waals surface area contributed by atoms with Gasteiger partial charge in [0.1, 0.15) is 17.9 Å². The van der Waals surface area contributed by atoms with E-state index in [0.29, 0.717) is 25.3 Å². The third kappa shape index (κ3) is 5.67. The van der Waals surface area contributed by atoms with Gasteiger partial charge in [-0.05, 0) is 55.7 Å². The van der Waals surface area contributed by atoms with Crippen LogP contribution in [0.15, 0.2) is 48.8 Å². The van der Waals surface area contributed by atoms with Crippen LogP contribution in [0.2, 0.25) is 0 Å². The van der Waals surface area contributed by atoms with E-state index in [4.69, 9.17) is 16.4 Å². The molecular weight excluding hydrogens is 368 g/mol. The van der Waals surface area contributed by atoms with Crippen LogP contribution < -0.4 is 15.5 Å². The maximum absolute atomic E-state index is 11.0. The minimum Gasteiger partial charge on any atom is -0.494 e. The molecule has 0 aliphatic heterocycles. The number of carbonyl (C=O) groups excluding carboxylic acids is 1. The molecule has 7 heteroatoms. The number of nitrogens with zero attached hydrogens (tertiary/aromatic N) is 2. The third-order valence-corrected chi connectivity index (χ3v) is 4.34. The number of fused-ring (bicyclic) bond motifs is 1. The fraction of sp³-hybridized carbons (Fsp3) is 0.227. The van der Waals surface area contributed by atoms with Crippen molar-refractivity contribution in [3.63, 3.8) is 0 Å². The van der Waals surface area contributed by atoms with Crippen molar-refractivity contribution in [1.29, 1.82) is 0 Å². The van der Waals surface area contributed by atoms with Gasteiger partial charge < -0.3 is 10.1 Å². The molecular formula is C22H22N4O3. The summed E-state index contributed by atoms with van der Waals surface area (Å²) in [6.07, 6.45) is 9.64. The maximum atomic E-state index is 11.0. The van der Waals surface area contributed by atoms with Crippen LogP contribution in [0.3, 0.4) is 0 Å². The van der Waals surface area contributed by atoms with Crippen molar-refractivity contribution in [2.75, 3.05) is 11.9 Å². The number of carbonyl (C=O) groups is 1. The monoisotopic (exact) mass is 390 g/mol. The molecule has 0 spiro atoms. The number of unbranched alkanes of at least 4 members (excludes halogenated alkanes) is 2. The van der Waals surface area contributed by atoms with E-state index < -0.39 is 0 Å². The third-order valence-electron chi connectivity index (χ3n) is 4.34. The Balaban J connectivity index is 1.65. The summed E-state index contributed by atoms with van der Waals surface area (Å²) in [5.41, 5.74) is 4.07. The van der Waals surface area contributed by atoms with Crippen LogP contribution in [0.25, 0.3) is 10.9 Å². The van der Waals surface area contributed by atoms with Crippen LogP contribution >= 0.6 is 0 Å². The number of hydrogen-bond donors (Lipinski definition) is 3. The van der Waals surface area contributed by atoms with Crippen molar-refractivity contribution < 1.29 is 14.7 Å². The average Bonchev–Trinajstić information content (AvgIpc) is 2.76. The SMILES string of the molecule is C#Cc1cccc(Nc2ncnc3ccc(OCCCCCC(=O)NO)cc23)c1. The Kier molecular flexibility index (Phi) is 6.98. The first-order valence-corrected chi connectivity index (χ1v) is 9.34. The Morgan fingerprint density at radius 3 is 2.86 bits per heavy atom. The van der Waals surface area contributed by atoms with E-state index in [1.54, 1.807) is 5.48 Å². The Morgan fingerprint density at radius 1 is 1.14 bits per heavy atom. The predicted octanol–water partition coefficient (Wildman–Crippen LogP) is 3.80. The molecule has 0 fully saturated rings. The zero-order chi connectivity index (χ0) is 20.5. The van der Waals surface area contributed by atoms with Crippen LogP contribution in [0, 0.1) is 12.3 Å². The molecule has 1 aromatic heterocycles. The zero-order valence-electron chi connectivity index (χ0n) is 15.9. The van der Waals surface area contributed by atoms with Crippen molar-refractivity contribution in [2.24, 2.45) is 0 Å². The summed E-state index contributed by atoms with van der Waals surface area (Å²) in [6, 6.07) is 13.2. The van der Waals surface area contributed by atoms with Crippen LogP contribution in [0.4, 0.5) is 11.5 Å². The molecule has 29 heavy (non-hydrogen) atoms. The Bertz CT molecular complexity index is 1030. The molecule has 0 bridgehead atoms. The molecule has 3 aromatic rings. The zero-order valence-corrected chi connectivity index (χ0v) is 15.9. The second-order valence-electron chi connectivity index (χ2n) is 6.45. The fourth-order valence-electron chi connectivity index (χ4n) is 2.86. The predicted molar refractivity (Wildman–Crippen MR) is 111 cm³/mol. The van der Waals surface area contributed by atoms with Gasteiger partial charge in [-0.2, -0.15) is 0 Å². The standard InChI is InChI=1S/C22H22N4O3/c1-2-16-7-6-8-17(13-16)25-22-19-14-18(10-11-20(19)23-15-24-22)29-12-5-3-4-9-21(27)26-28/h1,6-8,10-11,13-15,28H,3-5,9,12H2,(H,26,27)(H,23,24,25). The highest BCUT2D eigenvalue weighted by molar-refractivity contribution is 5.91. The van der Waals surface area contributed by atoms with Gasteiger partial charge in [0.25, 0.3) is 0 Å². The lowest BCUT2D eigenvalue weighted by Crippen LogP contribution is -2.17. The molecule has 3 N–H and O–H groups in total. The normalized spacial score (nSPS) is 10.3. The molecule has 7 nitrogen and oxygen atoms in total. The number of ether oxygens (including phenoxy) is 1. The molecule has 0 atom stereocenters. The van der Waals surface area contributed by atoms with Crippen molar-refractivity contribution in [2.45, 2.75) is 25.7 Å². The second-order valence-corrected chi connectivity index (χ2v) is 6.45. The maximum Gasteiger partial charge on any atom is 0.243 e. The van der Waals surface area contributed by atoms with Gasteiger partial charge in [0.15, 0.2) is 0 Å². The summed E-state index contributed by atoms with van der Waals surface area (Å²) in [7, 11) is 0. The van der Waals surface area contributed by atoms with E-state index in [9.17, 15) is 4.79 Å². The summed E-state index contributed by atoms with van der Waals surface area (Å²) in [5, 5.41) is 12.6. The minimum atomic E-state index is -0.367. The van der Waals surface area contributed by atoms with Crippen molar-refractivity contribution >= 4 is 28.3 Å². The molecule has 0 unspecified atom stereocenters. The van der Waals surface area contributed by atoms with Gasteiger partial charge in [-0.25, -0.2) is 15.4 Å². The van der Waals surface area contributed by atoms with E-state index in [0.717, 1.165) is 40.7 Å². The minimum absolute atomic E-state index is 0.305. The average molecular weight is 390 g/mol. The number of nitrogens with one attached hydrogen (secondary N) is 2. The fourth-order valence-corrected chi connectivity index (χ4v) is 2.86. The lowest BCUT2D eigenvalue weighted by Gasteiger charge is -2.11. The molecule has 0 saturated heterocycles. The first-order valence-electron chi connectivity index (χ1n) is 9.34. The van der Waals surface area contributed by atoms with Gasteiger partial charge in [0.2, 0.25) is 5.91 Å². The topological polar surface area (TPSA) is 96.4 Å². The summed E-state index contributed by atoms with van der Waals surface area (Å²) in [6.45, 7) is 0.535. The van der Waals surface area contributed by atoms with Crippen LogP contribution in [0.5, 0.6) is 5.75 Å². The summed E-state index contributed by atoms with van der Waals surface area (Å²) in [4.78, 5) is 19.6. The smallest absolute Gasteiger partial charge is 0.243 e. The molecule has 0 aliphatic rings. The van der Waals surface area contributed by atoms with E-state index in [1.165, 1.54) is 6.33 Å². The Hall–Kier alpha value is -3.63. The highest BCUT2D eigenvalue weighted by Crippen LogP contribution is 2.27. The van der Waals surface area contributed by atoms with Gasteiger partial charge in [-0.3, -0.25) is 10.0 Å². The van der Waals surface area contributed by atoms with E-state index in [-0.39, 0.29) is 5.91 Å². The molecule has 0 radical (unpaired) electrons. The number of aromatic nitrogens is 2. The molecule has 0 aliphatic carbocycles. The molecule has 3 rings (SSSR count). The highest BCUT2D eigenvalue weighted by Gasteiger charge is 2.07. The number of rotatable bonds is 9. The molecule has 148 valence electrons. The second kappa shape index (κ2) is 10.1. The number of terminal acetylenes is 1. The van der Waals surface area contributed by atoms with Crippen molar-refractivity contribution in [3.05, 3.63) is 54.4 Å². The quantitative estimate of drug-likeness (QED) is 0.223. The van der Waals surface area contributed by atoms with Gasteiger partial charge in [0.05, 0.1) is 12.1 Å². The van der Waals surface area contributed by atoms with Crippen LogP contribution in [0.1, 0.15) is 31.2 Å². The Morgan fingerprint density at radius 2 is 2.03 bits per heavy atom. The number of anilines is 2. The highest BCUT2D eigenvalue weighted by atomic mass is 16.5. The van der Waals surface area contributed by atoms with Gasteiger partial charge in [-0.15, -0.1) is 6.42 Å². The molecule has 1 amide bonds. The lowest BCUT2D eigenvalue weighted by atomic mass is 10.2. The largest absolute Gasteiger partial charge is 0.494 e. The summed E-state index contributed by atoms with van der Waals surface area (Å²) in [5.74, 6) is 3.65. The van der Waals surface area contributed by atoms with Crippen molar-refractivity contribution in [1.82, 2.24) is 15.4 Å². The van der Waals surface area contributed by atoms with Gasteiger partial charge >= 0.3 is 0 Å². The summed E-state index contributed by atoms with van der Waals surface area (Å²) >= 11 is 0. The van der Waals surface area contributed by atoms with Crippen LogP contribution in [-0.4, -0.2) is 27.7 Å². The first kappa shape index (κ1) is 20.1. The van der Waals surface area contributed by atoms with Gasteiger partial charge in [-0.1, -0.05) is 12.0 Å². The van der Waals surface area contributed by atoms with Crippen LogP contribution in [-0.2, 0) is 4.79 Å². The lowest BCUT2D eigenvalue weighted by molar-refractivity contribution is -0.129. The van der Waals surface area contributed by atoms with Gasteiger partial charge in [0, 0.05) is 23.1 Å². The first-order chi connectivity index (χ1) is 14.2. The van der Waals surface area contributed by atoms with E-state index in [2.05, 4.69) is 21.2 Å². The molecule has 1 heterocycles.